The number of carbonyl (C=O) groups excluding carboxylic acids is 5. The Kier molecular flexibility index (Phi) is 26.9. The molecule has 12 nitrogen and oxygen atoms in total. The summed E-state index contributed by atoms with van der Waals surface area (Å²) in [5.74, 6) is -2.55. The van der Waals surface area contributed by atoms with Crippen LogP contribution in [0.15, 0.2) is 97.7 Å². The zero-order chi connectivity index (χ0) is 41.0. The standard InChI is InChI=1S/C18H26O6.C14H22O6.C9H10/c1-8-18(9-22-15(19)12(2)3,10-23-16(20)13(4)5)11-24-17(21)14(6)7;1-11(2)13(15)19-9-7-17-5-6-18-8-10-20-14(16)12(3)4;1-8(2)9-6-4-3-5-7-9/h2,4,6,8-11H2,1,3,5,7H3;1,3,5-10H2,2,4H3;3-7H,1H2,2H3. The molecule has 0 radical (unpaired) electrons. The highest BCUT2D eigenvalue weighted by Gasteiger charge is 2.34. The number of carbonyl (C=O) groups is 5. The molecule has 0 amide bonds. The summed E-state index contributed by atoms with van der Waals surface area (Å²) in [7, 11) is 0. The third-order valence-electron chi connectivity index (χ3n) is 6.58. The molecule has 0 unspecified atom stereocenters. The van der Waals surface area contributed by atoms with E-state index in [9.17, 15) is 24.0 Å². The summed E-state index contributed by atoms with van der Waals surface area (Å²) in [6.45, 7) is 34.3. The fourth-order valence-corrected chi connectivity index (χ4v) is 3.13. The van der Waals surface area contributed by atoms with E-state index in [1.54, 1.807) is 13.8 Å². The van der Waals surface area contributed by atoms with E-state index in [1.165, 1.54) is 26.3 Å². The summed E-state index contributed by atoms with van der Waals surface area (Å²) in [4.78, 5) is 56.9. The molecule has 0 spiro atoms. The SMILES string of the molecule is C=C(C)C(=O)OCC(CC)(COC(=O)C(=C)C)COC(=O)C(=C)C.C=C(C)C(=O)OCCOCCOCCOC(=O)C(=C)C.C=C(C)c1ccccc1. The van der Waals surface area contributed by atoms with Crippen molar-refractivity contribution in [1.29, 1.82) is 0 Å². The zero-order valence-corrected chi connectivity index (χ0v) is 32.6. The van der Waals surface area contributed by atoms with Gasteiger partial charge in [-0.3, -0.25) is 0 Å². The second-order valence-electron chi connectivity index (χ2n) is 12.1. The number of ether oxygens (including phenoxy) is 7. The average Bonchev–Trinajstić information content (AvgIpc) is 3.12. The van der Waals surface area contributed by atoms with Gasteiger partial charge in [0, 0.05) is 27.9 Å². The van der Waals surface area contributed by atoms with Crippen LogP contribution in [-0.4, -0.2) is 89.3 Å². The number of allylic oxidation sites excluding steroid dienone is 1. The highest BCUT2D eigenvalue weighted by molar-refractivity contribution is 5.88. The third kappa shape index (κ3) is 25.5. The molecule has 12 heteroatoms. The summed E-state index contributed by atoms with van der Waals surface area (Å²) < 4.78 is 35.5. The Morgan fingerprint density at radius 2 is 0.755 bits per heavy atom. The van der Waals surface area contributed by atoms with E-state index in [0.29, 0.717) is 44.0 Å². The number of benzene rings is 1. The van der Waals surface area contributed by atoms with E-state index in [-0.39, 0.29) is 49.8 Å². The van der Waals surface area contributed by atoms with Crippen molar-refractivity contribution >= 4 is 35.4 Å². The summed E-state index contributed by atoms with van der Waals surface area (Å²) in [6, 6.07) is 10.2. The normalized spacial score (nSPS) is 10.0. The Morgan fingerprint density at radius 1 is 0.472 bits per heavy atom. The van der Waals surface area contributed by atoms with E-state index >= 15 is 0 Å². The first-order valence-electron chi connectivity index (χ1n) is 16.8. The average molecular weight is 743 g/mol. The maximum absolute atomic E-state index is 11.6. The predicted octanol–water partition coefficient (Wildman–Crippen LogP) is 6.72. The van der Waals surface area contributed by atoms with Crippen molar-refractivity contribution < 1.29 is 57.1 Å². The van der Waals surface area contributed by atoms with Crippen LogP contribution in [0.4, 0.5) is 0 Å². The molecule has 0 fully saturated rings. The maximum atomic E-state index is 11.6. The fourth-order valence-electron chi connectivity index (χ4n) is 3.13. The van der Waals surface area contributed by atoms with Crippen LogP contribution in [0.2, 0.25) is 0 Å². The monoisotopic (exact) mass is 742 g/mol. The first-order valence-corrected chi connectivity index (χ1v) is 16.8. The van der Waals surface area contributed by atoms with Gasteiger partial charge in [0.05, 0.1) is 31.8 Å². The minimum atomic E-state index is -0.860. The van der Waals surface area contributed by atoms with Crippen molar-refractivity contribution in [3.8, 4) is 0 Å². The molecule has 0 aliphatic heterocycles. The van der Waals surface area contributed by atoms with Gasteiger partial charge in [0.15, 0.2) is 0 Å². The highest BCUT2D eigenvalue weighted by atomic mass is 16.6. The van der Waals surface area contributed by atoms with Gasteiger partial charge in [-0.2, -0.15) is 0 Å². The molecule has 0 aliphatic rings. The minimum Gasteiger partial charge on any atom is -0.461 e. The van der Waals surface area contributed by atoms with Gasteiger partial charge in [-0.25, -0.2) is 24.0 Å². The Hall–Kier alpha value is -5.07. The number of rotatable bonds is 22. The molecule has 53 heavy (non-hydrogen) atoms. The van der Waals surface area contributed by atoms with E-state index in [1.807, 2.05) is 32.0 Å². The molecular weight excluding hydrogens is 684 g/mol. The Labute approximate surface area is 315 Å². The number of hydrogen-bond donors (Lipinski definition) is 0. The summed E-state index contributed by atoms with van der Waals surface area (Å²) >= 11 is 0. The topological polar surface area (TPSA) is 150 Å². The lowest BCUT2D eigenvalue weighted by Gasteiger charge is -2.31. The van der Waals surface area contributed by atoms with Crippen LogP contribution in [0.1, 0.15) is 60.5 Å². The molecule has 0 aliphatic carbocycles. The molecule has 0 bridgehead atoms. The van der Waals surface area contributed by atoms with Crippen molar-refractivity contribution in [3.63, 3.8) is 0 Å². The van der Waals surface area contributed by atoms with Crippen molar-refractivity contribution in [2.75, 3.05) is 59.5 Å². The van der Waals surface area contributed by atoms with Gasteiger partial charge in [0.1, 0.15) is 33.0 Å². The molecule has 0 N–H and O–H groups in total. The largest absolute Gasteiger partial charge is 0.461 e. The lowest BCUT2D eigenvalue weighted by molar-refractivity contribution is -0.157. The molecular formula is C41H58O12. The second kappa shape index (κ2) is 28.5. The highest BCUT2D eigenvalue weighted by Crippen LogP contribution is 2.25. The van der Waals surface area contributed by atoms with E-state index in [4.69, 9.17) is 33.2 Å². The van der Waals surface area contributed by atoms with Crippen LogP contribution in [0.25, 0.3) is 5.57 Å². The van der Waals surface area contributed by atoms with E-state index in [2.05, 4.69) is 51.6 Å². The molecule has 0 saturated carbocycles. The van der Waals surface area contributed by atoms with Crippen LogP contribution < -0.4 is 0 Å². The molecule has 0 saturated heterocycles. The Morgan fingerprint density at radius 3 is 1.00 bits per heavy atom. The molecule has 0 heterocycles. The molecule has 1 rings (SSSR count). The summed E-state index contributed by atoms with van der Waals surface area (Å²) in [5.41, 5.74) is 2.94. The molecule has 1 aromatic carbocycles. The maximum Gasteiger partial charge on any atom is 0.333 e. The van der Waals surface area contributed by atoms with Gasteiger partial charge in [0.2, 0.25) is 0 Å². The van der Waals surface area contributed by atoms with Crippen LogP contribution in [0, 0.1) is 5.41 Å². The van der Waals surface area contributed by atoms with Crippen LogP contribution in [0.5, 0.6) is 0 Å². The van der Waals surface area contributed by atoms with Crippen molar-refractivity contribution in [3.05, 3.63) is 103 Å². The molecule has 294 valence electrons. The number of esters is 5. The van der Waals surface area contributed by atoms with Crippen LogP contribution in [0.3, 0.4) is 0 Å². The van der Waals surface area contributed by atoms with Crippen LogP contribution in [-0.2, 0) is 57.1 Å². The van der Waals surface area contributed by atoms with E-state index in [0.717, 1.165) is 5.57 Å². The molecule has 1 aromatic rings. The van der Waals surface area contributed by atoms with Gasteiger partial charge < -0.3 is 33.2 Å². The quantitative estimate of drug-likeness (QED) is 0.0537. The third-order valence-corrected chi connectivity index (χ3v) is 6.58. The fraction of sp³-hybridized carbons (Fsp3) is 0.439. The smallest absolute Gasteiger partial charge is 0.333 e. The lowest BCUT2D eigenvalue weighted by atomic mass is 9.88. The second-order valence-corrected chi connectivity index (χ2v) is 12.1. The first-order chi connectivity index (χ1) is 24.8. The molecule has 0 aromatic heterocycles. The van der Waals surface area contributed by atoms with Crippen LogP contribution >= 0.6 is 0 Å². The number of hydrogen-bond acceptors (Lipinski definition) is 12. The minimum absolute atomic E-state index is 0.0812. The van der Waals surface area contributed by atoms with Crippen molar-refractivity contribution in [2.45, 2.75) is 54.9 Å². The zero-order valence-electron chi connectivity index (χ0n) is 32.6. The van der Waals surface area contributed by atoms with E-state index < -0.39 is 35.3 Å². The predicted molar refractivity (Wildman–Crippen MR) is 204 cm³/mol. The van der Waals surface area contributed by atoms with Gasteiger partial charge in [0.25, 0.3) is 0 Å². The molecule has 0 atom stereocenters. The van der Waals surface area contributed by atoms with Gasteiger partial charge >= 0.3 is 29.8 Å². The summed E-state index contributed by atoms with van der Waals surface area (Å²) in [5, 5.41) is 0. The van der Waals surface area contributed by atoms with Gasteiger partial charge in [-0.05, 0) is 53.5 Å². The Bertz CT molecular complexity index is 1310. The summed E-state index contributed by atoms with van der Waals surface area (Å²) in [6.07, 6.45) is 0.448. The van der Waals surface area contributed by atoms with Crippen molar-refractivity contribution in [1.82, 2.24) is 0 Å². The first kappa shape index (κ1) is 50.0. The van der Waals surface area contributed by atoms with Gasteiger partial charge in [-0.1, -0.05) is 82.3 Å². The van der Waals surface area contributed by atoms with Gasteiger partial charge in [-0.15, -0.1) is 0 Å². The van der Waals surface area contributed by atoms with Crippen molar-refractivity contribution in [2.24, 2.45) is 5.41 Å². The lowest BCUT2D eigenvalue weighted by Crippen LogP contribution is -2.39. The Balaban J connectivity index is 0.